The van der Waals surface area contributed by atoms with Gasteiger partial charge in [0.1, 0.15) is 0 Å². The Balaban J connectivity index is 1.38. The molecule has 1 aliphatic heterocycles. The zero-order chi connectivity index (χ0) is 18.5. The number of hydrogen-bond acceptors (Lipinski definition) is 5. The summed E-state index contributed by atoms with van der Waals surface area (Å²) in [5.74, 6) is -0.436. The summed E-state index contributed by atoms with van der Waals surface area (Å²) in [6.45, 7) is 1.76. The lowest BCUT2D eigenvalue weighted by Gasteiger charge is -2.13. The molecule has 0 aromatic heterocycles. The van der Waals surface area contributed by atoms with Crippen LogP contribution in [0.4, 0.5) is 5.69 Å². The molecule has 0 saturated carbocycles. The van der Waals surface area contributed by atoms with Gasteiger partial charge in [0.25, 0.3) is 17.5 Å². The van der Waals surface area contributed by atoms with Crippen LogP contribution in [-0.4, -0.2) is 34.7 Å². The minimum absolute atomic E-state index is 0.0784. The van der Waals surface area contributed by atoms with Crippen LogP contribution in [0.5, 0.6) is 0 Å². The van der Waals surface area contributed by atoms with Crippen LogP contribution in [0, 0.1) is 10.1 Å². The lowest BCUT2D eigenvalue weighted by molar-refractivity contribution is -0.384. The second-order valence-corrected chi connectivity index (χ2v) is 6.11. The second-order valence-electron chi connectivity index (χ2n) is 6.11. The van der Waals surface area contributed by atoms with Crippen LogP contribution in [0.2, 0.25) is 0 Å². The maximum Gasteiger partial charge on any atom is 0.269 e. The monoisotopic (exact) mass is 353 g/mol. The highest BCUT2D eigenvalue weighted by Gasteiger charge is 2.34. The van der Waals surface area contributed by atoms with Crippen LogP contribution in [-0.2, 0) is 6.54 Å². The van der Waals surface area contributed by atoms with Crippen molar-refractivity contribution >= 4 is 17.5 Å². The van der Waals surface area contributed by atoms with E-state index in [1.165, 1.54) is 17.0 Å². The van der Waals surface area contributed by atoms with Gasteiger partial charge in [-0.15, -0.1) is 0 Å². The number of nitro groups is 1. The molecule has 0 aliphatic carbocycles. The van der Waals surface area contributed by atoms with Crippen LogP contribution in [0.1, 0.15) is 39.1 Å². The highest BCUT2D eigenvalue weighted by molar-refractivity contribution is 6.21. The van der Waals surface area contributed by atoms with E-state index in [4.69, 9.17) is 0 Å². The molecule has 2 aromatic rings. The molecular weight excluding hydrogens is 334 g/mol. The van der Waals surface area contributed by atoms with Crippen molar-refractivity contribution in [3.63, 3.8) is 0 Å². The van der Waals surface area contributed by atoms with Crippen molar-refractivity contribution in [1.82, 2.24) is 10.2 Å². The molecule has 2 amide bonds. The van der Waals surface area contributed by atoms with E-state index in [1.54, 1.807) is 36.4 Å². The van der Waals surface area contributed by atoms with Gasteiger partial charge in [0.15, 0.2) is 0 Å². The number of carbonyl (C=O) groups is 2. The topological polar surface area (TPSA) is 92.6 Å². The quantitative estimate of drug-likeness (QED) is 0.341. The second kappa shape index (κ2) is 7.88. The maximum atomic E-state index is 12.2. The molecule has 0 saturated heterocycles. The molecule has 0 bridgehead atoms. The van der Waals surface area contributed by atoms with Crippen LogP contribution >= 0.6 is 0 Å². The van der Waals surface area contributed by atoms with Crippen molar-refractivity contribution in [3.8, 4) is 0 Å². The zero-order valence-corrected chi connectivity index (χ0v) is 14.2. The number of rotatable bonds is 8. The summed E-state index contributed by atoms with van der Waals surface area (Å²) in [7, 11) is 0. The molecule has 0 atom stereocenters. The Morgan fingerprint density at radius 1 is 0.923 bits per heavy atom. The van der Waals surface area contributed by atoms with Crippen LogP contribution in [0.3, 0.4) is 0 Å². The Morgan fingerprint density at radius 2 is 1.54 bits per heavy atom. The number of carbonyl (C=O) groups excluding carboxylic acids is 2. The molecule has 3 rings (SSSR count). The summed E-state index contributed by atoms with van der Waals surface area (Å²) < 4.78 is 0. The summed E-state index contributed by atoms with van der Waals surface area (Å²) >= 11 is 0. The maximum absolute atomic E-state index is 12.2. The minimum Gasteiger partial charge on any atom is -0.313 e. The fourth-order valence-electron chi connectivity index (χ4n) is 2.93. The molecule has 1 aliphatic rings. The number of unbranched alkanes of at least 4 members (excludes halogenated alkanes) is 1. The van der Waals surface area contributed by atoms with Gasteiger partial charge < -0.3 is 5.32 Å². The standard InChI is InChI=1S/C19H19N3O4/c23-18-16-5-1-2-6-17(16)19(24)21(18)12-4-3-11-20-13-14-7-9-15(10-8-14)22(25)26/h1-2,5-10,20H,3-4,11-13H2. The normalized spacial score (nSPS) is 13.2. The SMILES string of the molecule is O=C1c2ccccc2C(=O)N1CCCCNCc1ccc([N+](=O)[O-])cc1. The van der Waals surface area contributed by atoms with Crippen LogP contribution in [0.25, 0.3) is 0 Å². The van der Waals surface area contributed by atoms with Gasteiger partial charge in [-0.05, 0) is 37.1 Å². The molecule has 134 valence electrons. The first kappa shape index (κ1) is 17.8. The number of hydrogen-bond donors (Lipinski definition) is 1. The van der Waals surface area contributed by atoms with Gasteiger partial charge in [0.05, 0.1) is 16.1 Å². The molecule has 26 heavy (non-hydrogen) atoms. The minimum atomic E-state index is -0.420. The number of imide groups is 1. The number of non-ortho nitro benzene ring substituents is 1. The smallest absolute Gasteiger partial charge is 0.269 e. The van der Waals surface area contributed by atoms with Crippen LogP contribution < -0.4 is 5.32 Å². The van der Waals surface area contributed by atoms with E-state index in [0.717, 1.165) is 24.9 Å². The molecular formula is C19H19N3O4. The number of benzene rings is 2. The van der Waals surface area contributed by atoms with Gasteiger partial charge in [-0.2, -0.15) is 0 Å². The third-order valence-corrected chi connectivity index (χ3v) is 4.34. The molecule has 0 unspecified atom stereocenters. The molecule has 0 fully saturated rings. The third kappa shape index (κ3) is 3.78. The van der Waals surface area contributed by atoms with E-state index in [1.807, 2.05) is 0 Å². The average molecular weight is 353 g/mol. The van der Waals surface area contributed by atoms with Crippen molar-refractivity contribution in [1.29, 1.82) is 0 Å². The van der Waals surface area contributed by atoms with Gasteiger partial charge >= 0.3 is 0 Å². The lowest BCUT2D eigenvalue weighted by atomic mass is 10.1. The Bertz CT molecular complexity index is 798. The van der Waals surface area contributed by atoms with E-state index in [9.17, 15) is 19.7 Å². The first-order valence-corrected chi connectivity index (χ1v) is 8.47. The molecule has 7 heteroatoms. The molecule has 1 heterocycles. The molecule has 0 radical (unpaired) electrons. The fraction of sp³-hybridized carbons (Fsp3) is 0.263. The highest BCUT2D eigenvalue weighted by atomic mass is 16.6. The largest absolute Gasteiger partial charge is 0.313 e. The van der Waals surface area contributed by atoms with E-state index in [0.29, 0.717) is 24.2 Å². The van der Waals surface area contributed by atoms with Crippen molar-refractivity contribution in [2.24, 2.45) is 0 Å². The molecule has 0 spiro atoms. The summed E-state index contributed by atoms with van der Waals surface area (Å²) in [6, 6.07) is 13.3. The van der Waals surface area contributed by atoms with Crippen molar-refractivity contribution in [2.45, 2.75) is 19.4 Å². The Labute approximate surface area is 150 Å². The first-order chi connectivity index (χ1) is 12.6. The van der Waals surface area contributed by atoms with Crippen LogP contribution in [0.15, 0.2) is 48.5 Å². The Morgan fingerprint density at radius 3 is 2.12 bits per heavy atom. The van der Waals surface area contributed by atoms with Gasteiger partial charge in [-0.1, -0.05) is 24.3 Å². The van der Waals surface area contributed by atoms with Gasteiger partial charge in [-0.3, -0.25) is 24.6 Å². The van der Waals surface area contributed by atoms with Gasteiger partial charge in [-0.25, -0.2) is 0 Å². The fourth-order valence-corrected chi connectivity index (χ4v) is 2.93. The predicted octanol–water partition coefficient (Wildman–Crippen LogP) is 2.76. The highest BCUT2D eigenvalue weighted by Crippen LogP contribution is 2.22. The van der Waals surface area contributed by atoms with Gasteiger partial charge in [0.2, 0.25) is 0 Å². The lowest BCUT2D eigenvalue weighted by Crippen LogP contribution is -2.31. The zero-order valence-electron chi connectivity index (χ0n) is 14.2. The number of nitrogens with one attached hydrogen (secondary N) is 1. The van der Waals surface area contributed by atoms with E-state index in [2.05, 4.69) is 5.32 Å². The number of nitrogens with zero attached hydrogens (tertiary/aromatic N) is 2. The molecule has 2 aromatic carbocycles. The summed E-state index contributed by atoms with van der Waals surface area (Å²) in [6.07, 6.45) is 1.54. The van der Waals surface area contributed by atoms with Gasteiger partial charge in [0, 0.05) is 25.2 Å². The summed E-state index contributed by atoms with van der Waals surface area (Å²) in [5, 5.41) is 13.9. The summed E-state index contributed by atoms with van der Waals surface area (Å²) in [4.78, 5) is 36.0. The number of nitro benzene ring substituents is 1. The average Bonchev–Trinajstić information content (AvgIpc) is 2.90. The van der Waals surface area contributed by atoms with Crippen molar-refractivity contribution in [3.05, 3.63) is 75.3 Å². The van der Waals surface area contributed by atoms with E-state index >= 15 is 0 Å². The Kier molecular flexibility index (Phi) is 5.38. The summed E-state index contributed by atoms with van der Waals surface area (Å²) in [5.41, 5.74) is 2.01. The first-order valence-electron chi connectivity index (χ1n) is 8.47. The van der Waals surface area contributed by atoms with E-state index in [-0.39, 0.29) is 17.5 Å². The predicted molar refractivity (Wildman–Crippen MR) is 95.8 cm³/mol. The third-order valence-electron chi connectivity index (χ3n) is 4.34. The molecule has 1 N–H and O–H groups in total. The van der Waals surface area contributed by atoms with Crippen molar-refractivity contribution in [2.75, 3.05) is 13.1 Å². The number of fused-ring (bicyclic) bond motifs is 1. The molecule has 7 nitrogen and oxygen atoms in total. The number of amides is 2. The Hall–Kier alpha value is -3.06. The van der Waals surface area contributed by atoms with Crippen molar-refractivity contribution < 1.29 is 14.5 Å². The van der Waals surface area contributed by atoms with E-state index < -0.39 is 4.92 Å².